The minimum absolute atomic E-state index is 0.0305. The average molecular weight is 256 g/mol. The van der Waals surface area contributed by atoms with E-state index in [0.717, 1.165) is 0 Å². The van der Waals surface area contributed by atoms with E-state index in [9.17, 15) is 5.11 Å². The molecule has 1 rings (SSSR count). The summed E-state index contributed by atoms with van der Waals surface area (Å²) in [7, 11) is 1.49. The van der Waals surface area contributed by atoms with Crippen LogP contribution >= 0.6 is 0 Å². The Kier molecular flexibility index (Phi) is 5.91. The van der Waals surface area contributed by atoms with Crippen LogP contribution in [0.3, 0.4) is 0 Å². The van der Waals surface area contributed by atoms with E-state index in [4.69, 9.17) is 18.9 Å². The number of benzene rings is 1. The molecule has 0 aliphatic rings. The Bertz CT molecular complexity index is 347. The van der Waals surface area contributed by atoms with Gasteiger partial charge in [0.15, 0.2) is 18.1 Å². The molecule has 5 nitrogen and oxygen atoms in total. The Balaban J connectivity index is 2.69. The third-order valence-corrected chi connectivity index (χ3v) is 2.31. The number of methoxy groups -OCH3 is 1. The molecule has 0 saturated heterocycles. The molecule has 0 atom stereocenters. The largest absolute Gasteiger partial charge is 0.504 e. The fraction of sp³-hybridized carbons (Fsp3) is 0.538. The topological polar surface area (TPSA) is 57.2 Å². The predicted molar refractivity (Wildman–Crippen MR) is 66.6 cm³/mol. The van der Waals surface area contributed by atoms with Gasteiger partial charge in [-0.05, 0) is 26.0 Å². The summed E-state index contributed by atoms with van der Waals surface area (Å²) < 4.78 is 21.6. The summed E-state index contributed by atoms with van der Waals surface area (Å²) >= 11 is 0. The Hall–Kier alpha value is -1.30. The quantitative estimate of drug-likeness (QED) is 0.722. The number of hydrogen-bond donors (Lipinski definition) is 1. The second-order valence-electron chi connectivity index (χ2n) is 3.51. The summed E-state index contributed by atoms with van der Waals surface area (Å²) in [6.07, 6.45) is 0. The molecule has 1 N–H and O–H groups in total. The lowest BCUT2D eigenvalue weighted by Gasteiger charge is -2.30. The molecule has 0 aliphatic heterocycles. The van der Waals surface area contributed by atoms with Crippen molar-refractivity contribution in [1.82, 2.24) is 0 Å². The average Bonchev–Trinajstić information content (AvgIpc) is 2.38. The van der Waals surface area contributed by atoms with Gasteiger partial charge in [-0.1, -0.05) is 12.1 Å². The van der Waals surface area contributed by atoms with Crippen molar-refractivity contribution in [1.29, 1.82) is 0 Å². The highest BCUT2D eigenvalue weighted by Crippen LogP contribution is 2.26. The van der Waals surface area contributed by atoms with E-state index in [-0.39, 0.29) is 12.4 Å². The molecule has 0 fully saturated rings. The Morgan fingerprint density at radius 1 is 1.11 bits per heavy atom. The summed E-state index contributed by atoms with van der Waals surface area (Å²) in [5.74, 6) is -0.819. The highest BCUT2D eigenvalue weighted by molar-refractivity contribution is 5.37. The van der Waals surface area contributed by atoms with Gasteiger partial charge in [0.2, 0.25) is 0 Å². The molecule has 102 valence electrons. The van der Waals surface area contributed by atoms with Gasteiger partial charge in [-0.2, -0.15) is 0 Å². The Labute approximate surface area is 107 Å². The van der Waals surface area contributed by atoms with Crippen molar-refractivity contribution in [3.05, 3.63) is 24.3 Å². The second kappa shape index (κ2) is 7.20. The molecule has 0 aliphatic carbocycles. The maximum absolute atomic E-state index is 9.59. The smallest absolute Gasteiger partial charge is 0.319 e. The molecule has 0 aromatic heterocycles. The number of hydrogen-bond acceptors (Lipinski definition) is 5. The van der Waals surface area contributed by atoms with Gasteiger partial charge in [0.25, 0.3) is 0 Å². The van der Waals surface area contributed by atoms with Gasteiger partial charge < -0.3 is 24.1 Å². The van der Waals surface area contributed by atoms with Gasteiger partial charge in [0.05, 0.1) is 0 Å². The van der Waals surface area contributed by atoms with Crippen molar-refractivity contribution in [2.75, 3.05) is 26.9 Å². The van der Waals surface area contributed by atoms with E-state index >= 15 is 0 Å². The van der Waals surface area contributed by atoms with Gasteiger partial charge in [0.1, 0.15) is 0 Å². The van der Waals surface area contributed by atoms with Crippen LogP contribution in [0, 0.1) is 0 Å². The van der Waals surface area contributed by atoms with E-state index in [1.54, 1.807) is 24.3 Å². The fourth-order valence-corrected chi connectivity index (χ4v) is 1.49. The van der Waals surface area contributed by atoms with E-state index in [2.05, 4.69) is 0 Å². The maximum Gasteiger partial charge on any atom is 0.319 e. The minimum Gasteiger partial charge on any atom is -0.504 e. The molecule has 0 spiro atoms. The SMILES string of the molecule is CCOC(COc1ccccc1O)(OC)OCC. The van der Waals surface area contributed by atoms with Crippen molar-refractivity contribution in [2.45, 2.75) is 19.8 Å². The fourth-order valence-electron chi connectivity index (χ4n) is 1.49. The number of rotatable bonds is 8. The standard InChI is InChI=1S/C13H20O5/c1-4-17-13(15-3,18-5-2)10-16-12-9-7-6-8-11(12)14/h6-9,14H,4-5,10H2,1-3H3. The van der Waals surface area contributed by atoms with E-state index < -0.39 is 5.97 Å². The van der Waals surface area contributed by atoms with Crippen LogP contribution in [0.4, 0.5) is 0 Å². The maximum atomic E-state index is 9.59. The molecule has 0 amide bonds. The van der Waals surface area contributed by atoms with Crippen molar-refractivity contribution >= 4 is 0 Å². The molecule has 1 aromatic carbocycles. The van der Waals surface area contributed by atoms with Gasteiger partial charge >= 0.3 is 5.97 Å². The van der Waals surface area contributed by atoms with Crippen molar-refractivity contribution in [3.8, 4) is 11.5 Å². The molecule has 0 unspecified atom stereocenters. The first-order valence-electron chi connectivity index (χ1n) is 5.91. The molecule has 18 heavy (non-hydrogen) atoms. The van der Waals surface area contributed by atoms with Crippen LogP contribution in [-0.2, 0) is 14.2 Å². The lowest BCUT2D eigenvalue weighted by atomic mass is 10.3. The molecule has 0 bridgehead atoms. The van der Waals surface area contributed by atoms with Crippen molar-refractivity contribution < 1.29 is 24.1 Å². The van der Waals surface area contributed by atoms with Crippen molar-refractivity contribution in [2.24, 2.45) is 0 Å². The van der Waals surface area contributed by atoms with Crippen LogP contribution in [0.5, 0.6) is 11.5 Å². The molecule has 1 aromatic rings. The first-order chi connectivity index (χ1) is 8.67. The lowest BCUT2D eigenvalue weighted by Crippen LogP contribution is -2.44. The predicted octanol–water partition coefficient (Wildman–Crippen LogP) is 2.14. The van der Waals surface area contributed by atoms with Crippen LogP contribution in [0.1, 0.15) is 13.8 Å². The normalized spacial score (nSPS) is 11.5. The number of para-hydroxylation sites is 2. The molecular weight excluding hydrogens is 236 g/mol. The first-order valence-corrected chi connectivity index (χ1v) is 5.91. The van der Waals surface area contributed by atoms with Crippen LogP contribution in [0.25, 0.3) is 0 Å². The lowest BCUT2D eigenvalue weighted by molar-refractivity contribution is -0.377. The zero-order valence-corrected chi connectivity index (χ0v) is 11.0. The number of aromatic hydroxyl groups is 1. The second-order valence-corrected chi connectivity index (χ2v) is 3.51. The highest BCUT2D eigenvalue weighted by atomic mass is 16.9. The van der Waals surface area contributed by atoms with Gasteiger partial charge in [-0.3, -0.25) is 0 Å². The number of ether oxygens (including phenoxy) is 4. The molecule has 5 heteroatoms. The van der Waals surface area contributed by atoms with Crippen LogP contribution in [0.15, 0.2) is 24.3 Å². The van der Waals surface area contributed by atoms with Crippen LogP contribution < -0.4 is 4.74 Å². The molecule has 0 heterocycles. The molecule has 0 radical (unpaired) electrons. The molecule has 0 saturated carbocycles. The number of phenols is 1. The van der Waals surface area contributed by atoms with Gasteiger partial charge in [-0.15, -0.1) is 0 Å². The molecular formula is C13H20O5. The van der Waals surface area contributed by atoms with E-state index in [1.165, 1.54) is 7.11 Å². The van der Waals surface area contributed by atoms with Crippen molar-refractivity contribution in [3.63, 3.8) is 0 Å². The van der Waals surface area contributed by atoms with E-state index in [0.29, 0.717) is 19.0 Å². The zero-order valence-electron chi connectivity index (χ0n) is 11.0. The van der Waals surface area contributed by atoms with Crippen LogP contribution in [0.2, 0.25) is 0 Å². The summed E-state index contributed by atoms with van der Waals surface area (Å²) in [6, 6.07) is 6.69. The summed E-state index contributed by atoms with van der Waals surface area (Å²) in [5, 5.41) is 9.59. The summed E-state index contributed by atoms with van der Waals surface area (Å²) in [4.78, 5) is 0. The third-order valence-electron chi connectivity index (χ3n) is 2.31. The zero-order chi connectivity index (χ0) is 13.4. The van der Waals surface area contributed by atoms with Gasteiger partial charge in [-0.25, -0.2) is 0 Å². The third kappa shape index (κ3) is 3.87. The van der Waals surface area contributed by atoms with E-state index in [1.807, 2.05) is 13.8 Å². The monoisotopic (exact) mass is 256 g/mol. The summed E-state index contributed by atoms with van der Waals surface area (Å²) in [5.41, 5.74) is 0. The Morgan fingerprint density at radius 3 is 2.22 bits per heavy atom. The minimum atomic E-state index is -1.24. The van der Waals surface area contributed by atoms with Crippen LogP contribution in [-0.4, -0.2) is 38.0 Å². The Morgan fingerprint density at radius 2 is 1.72 bits per heavy atom. The number of phenolic OH excluding ortho intramolecular Hbond substituents is 1. The summed E-state index contributed by atoms with van der Waals surface area (Å²) in [6.45, 7) is 4.57. The first kappa shape index (κ1) is 14.8. The van der Waals surface area contributed by atoms with Gasteiger partial charge in [0, 0.05) is 20.3 Å². The highest BCUT2D eigenvalue weighted by Gasteiger charge is 2.33.